The van der Waals surface area contributed by atoms with Crippen molar-refractivity contribution in [2.75, 3.05) is 14.2 Å². The molecule has 6 heteroatoms. The van der Waals surface area contributed by atoms with E-state index in [1.165, 1.54) is 0 Å². The van der Waals surface area contributed by atoms with Crippen LogP contribution in [0.25, 0.3) is 10.2 Å². The maximum atomic E-state index is 12.6. The Morgan fingerprint density at radius 2 is 2.09 bits per heavy atom. The van der Waals surface area contributed by atoms with E-state index in [2.05, 4.69) is 20.9 Å². The third-order valence-corrected chi connectivity index (χ3v) is 5.10. The molecule has 0 aliphatic rings. The van der Waals surface area contributed by atoms with Crippen molar-refractivity contribution in [1.82, 2.24) is 9.88 Å². The molecule has 3 aromatic rings. The number of benzene rings is 2. The highest BCUT2D eigenvalue weighted by Crippen LogP contribution is 2.27. The standard InChI is InChI=1S/C17H15BrN2O2S/c1-20(10-16-19-13-5-3-4-6-15(13)23-16)17(21)11-7-8-14(22-2)12(18)9-11/h3-9H,10H2,1-2H3. The summed E-state index contributed by atoms with van der Waals surface area (Å²) in [6.07, 6.45) is 0. The first-order valence-corrected chi connectivity index (χ1v) is 8.63. The predicted molar refractivity (Wildman–Crippen MR) is 96.1 cm³/mol. The van der Waals surface area contributed by atoms with Gasteiger partial charge in [-0.25, -0.2) is 4.98 Å². The number of thiazole rings is 1. The van der Waals surface area contributed by atoms with Crippen molar-refractivity contribution in [2.24, 2.45) is 0 Å². The van der Waals surface area contributed by atoms with Crippen molar-refractivity contribution in [1.29, 1.82) is 0 Å². The lowest BCUT2D eigenvalue weighted by Crippen LogP contribution is -2.26. The molecule has 4 nitrogen and oxygen atoms in total. The zero-order valence-electron chi connectivity index (χ0n) is 12.7. The van der Waals surface area contributed by atoms with Gasteiger partial charge in [0.25, 0.3) is 5.91 Å². The van der Waals surface area contributed by atoms with Crippen molar-refractivity contribution in [2.45, 2.75) is 6.54 Å². The molecule has 23 heavy (non-hydrogen) atoms. The summed E-state index contributed by atoms with van der Waals surface area (Å²) < 4.78 is 7.09. The Bertz CT molecular complexity index is 830. The smallest absolute Gasteiger partial charge is 0.254 e. The van der Waals surface area contributed by atoms with E-state index in [1.54, 1.807) is 48.6 Å². The second kappa shape index (κ2) is 6.68. The normalized spacial score (nSPS) is 10.7. The minimum absolute atomic E-state index is 0.0485. The van der Waals surface area contributed by atoms with Gasteiger partial charge in [-0.3, -0.25) is 4.79 Å². The van der Waals surface area contributed by atoms with Crippen LogP contribution in [0.15, 0.2) is 46.9 Å². The van der Waals surface area contributed by atoms with Crippen LogP contribution in [0.5, 0.6) is 5.75 Å². The third kappa shape index (κ3) is 3.38. The largest absolute Gasteiger partial charge is 0.496 e. The van der Waals surface area contributed by atoms with E-state index in [0.717, 1.165) is 19.7 Å². The Morgan fingerprint density at radius 1 is 1.30 bits per heavy atom. The molecule has 0 atom stereocenters. The van der Waals surface area contributed by atoms with E-state index >= 15 is 0 Å². The Hall–Kier alpha value is -1.92. The molecule has 0 radical (unpaired) electrons. The highest BCUT2D eigenvalue weighted by molar-refractivity contribution is 9.10. The summed E-state index contributed by atoms with van der Waals surface area (Å²) in [5.41, 5.74) is 1.59. The van der Waals surface area contributed by atoms with E-state index in [9.17, 15) is 4.79 Å². The number of hydrogen-bond donors (Lipinski definition) is 0. The van der Waals surface area contributed by atoms with Gasteiger partial charge in [-0.15, -0.1) is 11.3 Å². The molecular formula is C17H15BrN2O2S. The van der Waals surface area contributed by atoms with Gasteiger partial charge in [0.15, 0.2) is 0 Å². The average molecular weight is 391 g/mol. The van der Waals surface area contributed by atoms with E-state index in [1.807, 2.05) is 24.3 Å². The van der Waals surface area contributed by atoms with Crippen LogP contribution in [0, 0.1) is 0 Å². The first-order chi connectivity index (χ1) is 11.1. The first-order valence-electron chi connectivity index (χ1n) is 7.02. The van der Waals surface area contributed by atoms with Crippen LogP contribution < -0.4 is 4.74 Å². The summed E-state index contributed by atoms with van der Waals surface area (Å²) in [6, 6.07) is 13.3. The minimum atomic E-state index is -0.0485. The number of hydrogen-bond acceptors (Lipinski definition) is 4. The lowest BCUT2D eigenvalue weighted by atomic mass is 10.2. The maximum absolute atomic E-state index is 12.6. The molecule has 3 rings (SSSR count). The Balaban J connectivity index is 1.78. The van der Waals surface area contributed by atoms with E-state index in [0.29, 0.717) is 17.9 Å². The molecule has 0 unspecified atom stereocenters. The third-order valence-electron chi connectivity index (χ3n) is 3.46. The zero-order chi connectivity index (χ0) is 16.4. The molecule has 1 aromatic heterocycles. The summed E-state index contributed by atoms with van der Waals surface area (Å²) in [4.78, 5) is 18.8. The molecule has 0 saturated carbocycles. The summed E-state index contributed by atoms with van der Waals surface area (Å²) in [6.45, 7) is 0.488. The number of ether oxygens (including phenoxy) is 1. The Morgan fingerprint density at radius 3 is 2.78 bits per heavy atom. The van der Waals surface area contributed by atoms with Gasteiger partial charge in [0.2, 0.25) is 0 Å². The molecule has 0 saturated heterocycles. The molecular weight excluding hydrogens is 376 g/mol. The lowest BCUT2D eigenvalue weighted by Gasteiger charge is -2.16. The maximum Gasteiger partial charge on any atom is 0.254 e. The van der Waals surface area contributed by atoms with Crippen LogP contribution in [0.1, 0.15) is 15.4 Å². The van der Waals surface area contributed by atoms with Crippen molar-refractivity contribution in [3.63, 3.8) is 0 Å². The number of fused-ring (bicyclic) bond motifs is 1. The summed E-state index contributed by atoms with van der Waals surface area (Å²) in [7, 11) is 3.38. The van der Waals surface area contributed by atoms with Gasteiger partial charge in [0.05, 0.1) is 28.3 Å². The van der Waals surface area contributed by atoms with Crippen LogP contribution >= 0.6 is 27.3 Å². The van der Waals surface area contributed by atoms with Crippen LogP contribution in [-0.2, 0) is 6.54 Å². The number of para-hydroxylation sites is 1. The topological polar surface area (TPSA) is 42.4 Å². The monoisotopic (exact) mass is 390 g/mol. The SMILES string of the molecule is COc1ccc(C(=O)N(C)Cc2nc3ccccc3s2)cc1Br. The van der Waals surface area contributed by atoms with Gasteiger partial charge < -0.3 is 9.64 Å². The number of amides is 1. The molecule has 0 spiro atoms. The van der Waals surface area contributed by atoms with E-state index < -0.39 is 0 Å². The van der Waals surface area contributed by atoms with Gasteiger partial charge >= 0.3 is 0 Å². The fourth-order valence-electron chi connectivity index (χ4n) is 2.28. The highest BCUT2D eigenvalue weighted by Gasteiger charge is 2.15. The lowest BCUT2D eigenvalue weighted by molar-refractivity contribution is 0.0785. The van der Waals surface area contributed by atoms with Gasteiger partial charge in [-0.2, -0.15) is 0 Å². The van der Waals surface area contributed by atoms with Crippen LogP contribution in [-0.4, -0.2) is 29.9 Å². The number of nitrogens with zero attached hydrogens (tertiary/aromatic N) is 2. The van der Waals surface area contributed by atoms with Crippen LogP contribution in [0.3, 0.4) is 0 Å². The Labute approximate surface area is 146 Å². The fraction of sp³-hybridized carbons (Fsp3) is 0.176. The van der Waals surface area contributed by atoms with Gasteiger partial charge in [-0.1, -0.05) is 12.1 Å². The number of carbonyl (C=O) groups is 1. The highest BCUT2D eigenvalue weighted by atomic mass is 79.9. The number of carbonyl (C=O) groups excluding carboxylic acids is 1. The average Bonchev–Trinajstić information content (AvgIpc) is 2.96. The summed E-state index contributed by atoms with van der Waals surface area (Å²) in [5.74, 6) is 0.656. The fourth-order valence-corrected chi connectivity index (χ4v) is 3.84. The molecule has 2 aromatic carbocycles. The Kier molecular flexibility index (Phi) is 4.63. The number of methoxy groups -OCH3 is 1. The van der Waals surface area contributed by atoms with E-state index in [-0.39, 0.29) is 5.91 Å². The van der Waals surface area contributed by atoms with Crippen LogP contribution in [0.4, 0.5) is 0 Å². The molecule has 0 aliphatic carbocycles. The van der Waals surface area contributed by atoms with Crippen molar-refractivity contribution >= 4 is 43.4 Å². The quantitative estimate of drug-likeness (QED) is 0.665. The van der Waals surface area contributed by atoms with Gasteiger partial charge in [-0.05, 0) is 46.3 Å². The van der Waals surface area contributed by atoms with Crippen molar-refractivity contribution in [3.8, 4) is 5.75 Å². The summed E-state index contributed by atoms with van der Waals surface area (Å²) >= 11 is 5.02. The molecule has 0 fully saturated rings. The van der Waals surface area contributed by atoms with Gasteiger partial charge in [0.1, 0.15) is 10.8 Å². The van der Waals surface area contributed by atoms with Gasteiger partial charge in [0, 0.05) is 12.6 Å². The summed E-state index contributed by atoms with van der Waals surface area (Å²) in [5, 5.41) is 0.926. The zero-order valence-corrected chi connectivity index (χ0v) is 15.1. The second-order valence-corrected chi connectivity index (χ2v) is 7.06. The molecule has 1 heterocycles. The number of aromatic nitrogens is 1. The molecule has 1 amide bonds. The van der Waals surface area contributed by atoms with Crippen molar-refractivity contribution in [3.05, 3.63) is 57.5 Å². The number of halogens is 1. The van der Waals surface area contributed by atoms with Crippen LogP contribution in [0.2, 0.25) is 0 Å². The molecule has 0 bridgehead atoms. The first kappa shape index (κ1) is 16.0. The molecule has 0 N–H and O–H groups in total. The molecule has 0 aliphatic heterocycles. The van der Waals surface area contributed by atoms with Crippen molar-refractivity contribution < 1.29 is 9.53 Å². The van der Waals surface area contributed by atoms with E-state index in [4.69, 9.17) is 4.74 Å². The minimum Gasteiger partial charge on any atom is -0.496 e. The molecule has 118 valence electrons. The second-order valence-electron chi connectivity index (χ2n) is 5.09. The number of rotatable bonds is 4. The predicted octanol–water partition coefficient (Wildman–Crippen LogP) is 4.34.